The van der Waals surface area contributed by atoms with Crippen molar-refractivity contribution in [1.29, 1.82) is 0 Å². The van der Waals surface area contributed by atoms with Crippen LogP contribution in [0.4, 0.5) is 0 Å². The molecule has 62 valence electrons. The Morgan fingerprint density at radius 1 is 1.36 bits per heavy atom. The van der Waals surface area contributed by atoms with Crippen LogP contribution in [0.3, 0.4) is 0 Å². The molecular weight excluding hydrogens is 148 g/mol. The maximum atomic E-state index is 10.5. The van der Waals surface area contributed by atoms with E-state index in [1.807, 2.05) is 0 Å². The van der Waals surface area contributed by atoms with Gasteiger partial charge in [-0.25, -0.2) is 0 Å². The number of carboxylic acid groups (broad SMARTS) is 1. The maximum Gasteiger partial charge on any atom is 0.309 e. The van der Waals surface area contributed by atoms with Gasteiger partial charge in [0.05, 0.1) is 24.2 Å². The molecule has 11 heavy (non-hydrogen) atoms. The van der Waals surface area contributed by atoms with E-state index in [-0.39, 0.29) is 18.1 Å². The number of aliphatic carboxylic acids is 1. The monoisotopic (exact) mass is 158 g/mol. The molecule has 2 rings (SSSR count). The largest absolute Gasteiger partial charge is 0.481 e. The zero-order valence-electron chi connectivity index (χ0n) is 5.93. The second kappa shape index (κ2) is 2.19. The van der Waals surface area contributed by atoms with E-state index in [4.69, 9.17) is 9.84 Å². The highest BCUT2D eigenvalue weighted by molar-refractivity contribution is 5.71. The van der Waals surface area contributed by atoms with Gasteiger partial charge in [-0.3, -0.25) is 4.79 Å². The fraction of sp³-hybridized carbons (Fsp3) is 0.857. The van der Waals surface area contributed by atoms with E-state index in [9.17, 15) is 9.90 Å². The van der Waals surface area contributed by atoms with Crippen molar-refractivity contribution in [3.8, 4) is 0 Å². The van der Waals surface area contributed by atoms with Gasteiger partial charge in [-0.2, -0.15) is 0 Å². The molecule has 2 aliphatic heterocycles. The predicted molar refractivity (Wildman–Crippen MR) is 35.0 cm³/mol. The van der Waals surface area contributed by atoms with Crippen molar-refractivity contribution < 1.29 is 19.7 Å². The molecule has 2 N–H and O–H groups in total. The normalized spacial score (nSPS) is 48.1. The Kier molecular flexibility index (Phi) is 1.40. The summed E-state index contributed by atoms with van der Waals surface area (Å²) in [5.41, 5.74) is 0. The summed E-state index contributed by atoms with van der Waals surface area (Å²) >= 11 is 0. The van der Waals surface area contributed by atoms with Gasteiger partial charge >= 0.3 is 5.97 Å². The van der Waals surface area contributed by atoms with Crippen LogP contribution in [0, 0.1) is 5.92 Å². The Labute approximate surface area is 63.8 Å². The second-order valence-corrected chi connectivity index (χ2v) is 3.20. The minimum atomic E-state index is -0.801. The Morgan fingerprint density at radius 3 is 2.45 bits per heavy atom. The Bertz CT molecular complexity index is 189. The number of aliphatic hydroxyl groups is 1. The SMILES string of the molecule is O=C(O)[C@H]1C[C@@H]2O[C@H]1C[C@H]2O. The van der Waals surface area contributed by atoms with Crippen LogP contribution in [-0.2, 0) is 9.53 Å². The molecule has 4 heteroatoms. The fourth-order valence-corrected chi connectivity index (χ4v) is 1.89. The summed E-state index contributed by atoms with van der Waals surface area (Å²) in [7, 11) is 0. The van der Waals surface area contributed by atoms with Gasteiger partial charge in [0.1, 0.15) is 0 Å². The van der Waals surface area contributed by atoms with Gasteiger partial charge in [-0.1, -0.05) is 0 Å². The molecule has 2 saturated heterocycles. The molecule has 4 nitrogen and oxygen atoms in total. The summed E-state index contributed by atoms with van der Waals surface area (Å²) in [5, 5.41) is 17.9. The van der Waals surface area contributed by atoms with Gasteiger partial charge in [0, 0.05) is 6.42 Å². The lowest BCUT2D eigenvalue weighted by Gasteiger charge is -2.17. The molecule has 0 amide bonds. The van der Waals surface area contributed by atoms with Gasteiger partial charge < -0.3 is 14.9 Å². The highest BCUT2D eigenvalue weighted by atomic mass is 16.5. The number of rotatable bonds is 1. The molecule has 0 spiro atoms. The van der Waals surface area contributed by atoms with E-state index in [1.165, 1.54) is 0 Å². The molecule has 0 radical (unpaired) electrons. The highest BCUT2D eigenvalue weighted by Crippen LogP contribution is 2.38. The molecular formula is C7H10O4. The fourth-order valence-electron chi connectivity index (χ4n) is 1.89. The van der Waals surface area contributed by atoms with Crippen LogP contribution < -0.4 is 0 Å². The van der Waals surface area contributed by atoms with Gasteiger partial charge in [-0.05, 0) is 6.42 Å². The van der Waals surface area contributed by atoms with Crippen molar-refractivity contribution in [3.63, 3.8) is 0 Å². The average molecular weight is 158 g/mol. The molecule has 2 fully saturated rings. The second-order valence-electron chi connectivity index (χ2n) is 3.20. The van der Waals surface area contributed by atoms with Gasteiger partial charge in [-0.15, -0.1) is 0 Å². The van der Waals surface area contributed by atoms with Crippen molar-refractivity contribution in [3.05, 3.63) is 0 Å². The summed E-state index contributed by atoms with van der Waals surface area (Å²) in [5.74, 6) is -1.19. The minimum absolute atomic E-state index is 0.221. The molecule has 0 unspecified atom stereocenters. The third-order valence-electron chi connectivity index (χ3n) is 2.50. The summed E-state index contributed by atoms with van der Waals surface area (Å²) in [6.07, 6.45) is 0.0622. The first-order valence-electron chi connectivity index (χ1n) is 3.75. The number of carboxylic acids is 1. The zero-order chi connectivity index (χ0) is 8.01. The summed E-state index contributed by atoms with van der Waals surface area (Å²) < 4.78 is 5.23. The first-order chi connectivity index (χ1) is 5.18. The van der Waals surface area contributed by atoms with E-state index in [0.29, 0.717) is 12.8 Å². The molecule has 2 aliphatic rings. The number of hydrogen-bond acceptors (Lipinski definition) is 3. The van der Waals surface area contributed by atoms with Crippen molar-refractivity contribution >= 4 is 5.97 Å². The third kappa shape index (κ3) is 0.937. The summed E-state index contributed by atoms with van der Waals surface area (Å²) in [6, 6.07) is 0. The van der Waals surface area contributed by atoms with Gasteiger partial charge in [0.2, 0.25) is 0 Å². The predicted octanol–water partition coefficient (Wildman–Crippen LogP) is -0.391. The molecule has 0 saturated carbocycles. The van der Waals surface area contributed by atoms with Gasteiger partial charge in [0.25, 0.3) is 0 Å². The van der Waals surface area contributed by atoms with Crippen LogP contribution in [0.5, 0.6) is 0 Å². The summed E-state index contributed by atoms with van der Waals surface area (Å²) in [6.45, 7) is 0. The van der Waals surface area contributed by atoms with E-state index in [1.54, 1.807) is 0 Å². The van der Waals surface area contributed by atoms with Crippen LogP contribution in [-0.4, -0.2) is 34.5 Å². The average Bonchev–Trinajstić information content (AvgIpc) is 2.43. The molecule has 0 aromatic carbocycles. The number of ether oxygens (including phenoxy) is 1. The smallest absolute Gasteiger partial charge is 0.309 e. The highest BCUT2D eigenvalue weighted by Gasteiger charge is 2.49. The van der Waals surface area contributed by atoms with Crippen molar-refractivity contribution in [1.82, 2.24) is 0 Å². The van der Waals surface area contributed by atoms with Crippen LogP contribution in [0.2, 0.25) is 0 Å². The third-order valence-corrected chi connectivity index (χ3v) is 2.50. The van der Waals surface area contributed by atoms with Crippen LogP contribution >= 0.6 is 0 Å². The van der Waals surface area contributed by atoms with E-state index >= 15 is 0 Å². The Hall–Kier alpha value is -0.610. The number of aliphatic hydroxyl groups excluding tert-OH is 1. The molecule has 2 heterocycles. The lowest BCUT2D eigenvalue weighted by molar-refractivity contribution is -0.143. The topological polar surface area (TPSA) is 66.8 Å². The standard InChI is InChI=1S/C7H10O4/c8-4-2-5-3(7(9)10)1-6(4)11-5/h3-6,8H,1-2H2,(H,9,10)/t3-,4+,5-,6-/m0/s1. The number of hydrogen-bond donors (Lipinski definition) is 2. The minimum Gasteiger partial charge on any atom is -0.481 e. The van der Waals surface area contributed by atoms with Crippen molar-refractivity contribution in [2.24, 2.45) is 5.92 Å². The van der Waals surface area contributed by atoms with E-state index in [2.05, 4.69) is 0 Å². The lowest BCUT2D eigenvalue weighted by atomic mass is 9.88. The van der Waals surface area contributed by atoms with Crippen molar-refractivity contribution in [2.75, 3.05) is 0 Å². The quantitative estimate of drug-likeness (QED) is 0.545. The van der Waals surface area contributed by atoms with E-state index < -0.39 is 12.1 Å². The van der Waals surface area contributed by atoms with Crippen LogP contribution in [0.15, 0.2) is 0 Å². The first-order valence-corrected chi connectivity index (χ1v) is 3.75. The molecule has 0 aliphatic carbocycles. The van der Waals surface area contributed by atoms with Crippen molar-refractivity contribution in [2.45, 2.75) is 31.2 Å². The van der Waals surface area contributed by atoms with E-state index in [0.717, 1.165) is 0 Å². The Morgan fingerprint density at radius 2 is 2.09 bits per heavy atom. The first kappa shape index (κ1) is 7.06. The molecule has 4 atom stereocenters. The molecule has 0 aromatic heterocycles. The number of fused-ring (bicyclic) bond motifs is 2. The summed E-state index contributed by atoms with van der Waals surface area (Å²) in [4.78, 5) is 10.5. The number of carbonyl (C=O) groups is 1. The lowest BCUT2D eigenvalue weighted by Crippen LogP contribution is -2.31. The van der Waals surface area contributed by atoms with Crippen LogP contribution in [0.1, 0.15) is 12.8 Å². The molecule has 0 aromatic rings. The Balaban J connectivity index is 2.08. The maximum absolute atomic E-state index is 10.5. The van der Waals surface area contributed by atoms with Crippen LogP contribution in [0.25, 0.3) is 0 Å². The molecule has 2 bridgehead atoms. The van der Waals surface area contributed by atoms with Gasteiger partial charge in [0.15, 0.2) is 0 Å². The zero-order valence-corrected chi connectivity index (χ0v) is 5.93.